The number of hydrogen-bond acceptors (Lipinski definition) is 6. The lowest BCUT2D eigenvalue weighted by atomic mass is 10.2. The number of carbonyl (C=O) groups is 1. The van der Waals surface area contributed by atoms with Crippen LogP contribution in [-0.2, 0) is 4.79 Å². The quantitative estimate of drug-likeness (QED) is 0.504. The number of nitrogens with zero attached hydrogens (tertiary/aromatic N) is 2. The molecule has 6 nitrogen and oxygen atoms in total. The second-order valence-corrected chi connectivity index (χ2v) is 6.64. The van der Waals surface area contributed by atoms with Crippen LogP contribution in [0.25, 0.3) is 10.2 Å². The summed E-state index contributed by atoms with van der Waals surface area (Å²) in [6.07, 6.45) is 0. The summed E-state index contributed by atoms with van der Waals surface area (Å²) in [5.41, 5.74) is 0.534. The Kier molecular flexibility index (Phi) is 3.55. The minimum atomic E-state index is -0.974. The number of carboxylic acids is 1. The van der Waals surface area contributed by atoms with E-state index in [0.717, 1.165) is 26.9 Å². The van der Waals surface area contributed by atoms with Crippen molar-refractivity contribution in [1.29, 1.82) is 0 Å². The molecule has 1 unspecified atom stereocenters. The average Bonchev–Trinajstić information content (AvgIpc) is 2.61. The molecule has 2 heterocycles. The first kappa shape index (κ1) is 13.9. The van der Waals surface area contributed by atoms with Crippen molar-refractivity contribution in [3.63, 3.8) is 0 Å². The molecule has 0 saturated heterocycles. The first-order valence-electron chi connectivity index (χ1n) is 5.50. The highest BCUT2D eigenvalue weighted by Crippen LogP contribution is 2.28. The molecule has 102 valence electrons. The van der Waals surface area contributed by atoms with E-state index < -0.39 is 11.2 Å². The molecule has 0 aliphatic heterocycles. The first-order valence-corrected chi connectivity index (χ1v) is 7.19. The van der Waals surface area contributed by atoms with E-state index in [1.165, 1.54) is 18.3 Å². The van der Waals surface area contributed by atoms with Crippen LogP contribution in [0.15, 0.2) is 9.95 Å². The summed E-state index contributed by atoms with van der Waals surface area (Å²) in [6, 6.07) is 0. The third-order valence-electron chi connectivity index (χ3n) is 2.83. The second kappa shape index (κ2) is 4.86. The van der Waals surface area contributed by atoms with Crippen molar-refractivity contribution in [2.45, 2.75) is 31.2 Å². The molecule has 2 aromatic heterocycles. The fourth-order valence-corrected chi connectivity index (χ4v) is 3.41. The molecule has 0 aliphatic carbocycles. The van der Waals surface area contributed by atoms with Crippen molar-refractivity contribution >= 4 is 39.3 Å². The van der Waals surface area contributed by atoms with E-state index in [-0.39, 0.29) is 10.7 Å². The standard InChI is InChI=1S/C11H13N3O3S2/c1-4-5(2)18-8-7(4)9(15)14(12)11(13-8)19-6(3)10(16)17/h6H,12H2,1-3H3,(H,16,17). The number of nitrogens with two attached hydrogens (primary N) is 1. The number of thiophene rings is 1. The zero-order valence-corrected chi connectivity index (χ0v) is 12.3. The third-order valence-corrected chi connectivity index (χ3v) is 4.99. The Hall–Kier alpha value is -1.54. The summed E-state index contributed by atoms with van der Waals surface area (Å²) in [5.74, 6) is 4.73. The molecule has 2 rings (SSSR count). The van der Waals surface area contributed by atoms with E-state index in [4.69, 9.17) is 10.9 Å². The molecule has 8 heteroatoms. The summed E-state index contributed by atoms with van der Waals surface area (Å²) in [7, 11) is 0. The molecule has 0 fully saturated rings. The van der Waals surface area contributed by atoms with Gasteiger partial charge in [-0.3, -0.25) is 9.59 Å². The van der Waals surface area contributed by atoms with Gasteiger partial charge < -0.3 is 10.9 Å². The molecule has 0 spiro atoms. The normalized spacial score (nSPS) is 12.8. The van der Waals surface area contributed by atoms with Crippen molar-refractivity contribution < 1.29 is 9.90 Å². The molecule has 0 aliphatic rings. The fourth-order valence-electron chi connectivity index (χ4n) is 1.58. The van der Waals surface area contributed by atoms with Crippen LogP contribution in [0.1, 0.15) is 17.4 Å². The number of rotatable bonds is 3. The summed E-state index contributed by atoms with van der Waals surface area (Å²) < 4.78 is 0.922. The number of aryl methyl sites for hydroxylation is 2. The van der Waals surface area contributed by atoms with Crippen LogP contribution in [0.2, 0.25) is 0 Å². The highest BCUT2D eigenvalue weighted by molar-refractivity contribution is 8.00. The number of carboxylic acid groups (broad SMARTS) is 1. The molecule has 0 amide bonds. The fraction of sp³-hybridized carbons (Fsp3) is 0.364. The van der Waals surface area contributed by atoms with Gasteiger partial charge in [-0.1, -0.05) is 11.8 Å². The Morgan fingerprint density at radius 1 is 1.53 bits per heavy atom. The smallest absolute Gasteiger partial charge is 0.316 e. The molecule has 1 atom stereocenters. The first-order chi connectivity index (χ1) is 8.82. The number of aromatic nitrogens is 2. The number of thioether (sulfide) groups is 1. The number of aliphatic carboxylic acids is 1. The van der Waals surface area contributed by atoms with Crippen LogP contribution in [0.3, 0.4) is 0 Å². The van der Waals surface area contributed by atoms with E-state index in [1.54, 1.807) is 0 Å². The van der Waals surface area contributed by atoms with Crippen LogP contribution in [-0.4, -0.2) is 26.0 Å². The van der Waals surface area contributed by atoms with Gasteiger partial charge >= 0.3 is 5.97 Å². The third kappa shape index (κ3) is 2.33. The Labute approximate surface area is 117 Å². The molecular weight excluding hydrogens is 286 g/mol. The van der Waals surface area contributed by atoms with Gasteiger partial charge in [-0.15, -0.1) is 11.3 Å². The second-order valence-electron chi connectivity index (χ2n) is 4.13. The Balaban J connectivity index is 2.62. The van der Waals surface area contributed by atoms with Crippen LogP contribution < -0.4 is 11.4 Å². The average molecular weight is 299 g/mol. The highest BCUT2D eigenvalue weighted by Gasteiger charge is 2.19. The lowest BCUT2D eigenvalue weighted by Crippen LogP contribution is -2.30. The van der Waals surface area contributed by atoms with Crippen molar-refractivity contribution in [3.8, 4) is 0 Å². The Bertz CT molecular complexity index is 720. The van der Waals surface area contributed by atoms with Gasteiger partial charge in [0.25, 0.3) is 5.56 Å². The minimum absolute atomic E-state index is 0.216. The number of hydrogen-bond donors (Lipinski definition) is 2. The van der Waals surface area contributed by atoms with E-state index in [2.05, 4.69) is 4.98 Å². The lowest BCUT2D eigenvalue weighted by Gasteiger charge is -2.09. The van der Waals surface area contributed by atoms with Crippen LogP contribution in [0, 0.1) is 13.8 Å². The predicted molar refractivity (Wildman–Crippen MR) is 76.5 cm³/mol. The monoisotopic (exact) mass is 299 g/mol. The van der Waals surface area contributed by atoms with Crippen LogP contribution in [0.5, 0.6) is 0 Å². The van der Waals surface area contributed by atoms with Crippen molar-refractivity contribution in [2.75, 3.05) is 5.84 Å². The lowest BCUT2D eigenvalue weighted by molar-refractivity contribution is -0.136. The Morgan fingerprint density at radius 3 is 2.74 bits per heavy atom. The van der Waals surface area contributed by atoms with Gasteiger partial charge in [-0.2, -0.15) is 0 Å². The van der Waals surface area contributed by atoms with Gasteiger partial charge in [-0.25, -0.2) is 9.66 Å². The van der Waals surface area contributed by atoms with Gasteiger partial charge in [0.05, 0.1) is 5.39 Å². The van der Waals surface area contributed by atoms with Gasteiger partial charge in [0.15, 0.2) is 5.16 Å². The highest BCUT2D eigenvalue weighted by atomic mass is 32.2. The van der Waals surface area contributed by atoms with E-state index in [0.29, 0.717) is 10.2 Å². The van der Waals surface area contributed by atoms with E-state index in [9.17, 15) is 9.59 Å². The summed E-state index contributed by atoms with van der Waals surface area (Å²) in [4.78, 5) is 28.9. The van der Waals surface area contributed by atoms with E-state index >= 15 is 0 Å². The summed E-state index contributed by atoms with van der Waals surface area (Å²) >= 11 is 2.37. The van der Waals surface area contributed by atoms with Gasteiger partial charge in [0.1, 0.15) is 10.1 Å². The zero-order chi connectivity index (χ0) is 14.3. The molecule has 3 N–H and O–H groups in total. The van der Waals surface area contributed by atoms with Gasteiger partial charge in [-0.05, 0) is 26.3 Å². The molecule has 0 radical (unpaired) electrons. The summed E-state index contributed by atoms with van der Waals surface area (Å²) in [5, 5.41) is 8.90. The maximum atomic E-state index is 12.2. The molecular formula is C11H13N3O3S2. The van der Waals surface area contributed by atoms with Crippen molar-refractivity contribution in [3.05, 3.63) is 20.8 Å². The maximum Gasteiger partial charge on any atom is 0.316 e. The number of nitrogen functional groups attached to an aromatic ring is 1. The molecule has 0 bridgehead atoms. The number of fused-ring (bicyclic) bond motifs is 1. The minimum Gasteiger partial charge on any atom is -0.480 e. The van der Waals surface area contributed by atoms with Crippen LogP contribution >= 0.6 is 23.1 Å². The molecule has 0 aromatic carbocycles. The van der Waals surface area contributed by atoms with Gasteiger partial charge in [0.2, 0.25) is 0 Å². The predicted octanol–water partition coefficient (Wildman–Crippen LogP) is 1.35. The maximum absolute atomic E-state index is 12.2. The zero-order valence-electron chi connectivity index (χ0n) is 10.6. The van der Waals surface area contributed by atoms with Gasteiger partial charge in [0, 0.05) is 4.88 Å². The largest absolute Gasteiger partial charge is 0.480 e. The SMILES string of the molecule is Cc1sc2nc(SC(C)C(=O)O)n(N)c(=O)c2c1C. The Morgan fingerprint density at radius 2 is 2.16 bits per heavy atom. The van der Waals surface area contributed by atoms with Crippen molar-refractivity contribution in [1.82, 2.24) is 9.66 Å². The van der Waals surface area contributed by atoms with Crippen LogP contribution in [0.4, 0.5) is 0 Å². The molecule has 19 heavy (non-hydrogen) atoms. The molecule has 2 aromatic rings. The molecule has 0 saturated carbocycles. The summed E-state index contributed by atoms with van der Waals surface area (Å²) in [6.45, 7) is 5.28. The topological polar surface area (TPSA) is 98.2 Å². The van der Waals surface area contributed by atoms with E-state index in [1.807, 2.05) is 13.8 Å². The van der Waals surface area contributed by atoms with Crippen molar-refractivity contribution in [2.24, 2.45) is 0 Å².